The molecule has 0 saturated carbocycles. The number of rotatable bonds is 0. The maximum atomic E-state index is 3.81. The van der Waals surface area contributed by atoms with E-state index < -0.39 is 0 Å². The molecular formula is C10H10N2. The van der Waals surface area contributed by atoms with Gasteiger partial charge in [0.25, 0.3) is 0 Å². The van der Waals surface area contributed by atoms with Crippen LogP contribution in [0.4, 0.5) is 0 Å². The van der Waals surface area contributed by atoms with Crippen molar-refractivity contribution in [2.45, 2.75) is 0 Å². The zero-order valence-corrected chi connectivity index (χ0v) is 6.77. The van der Waals surface area contributed by atoms with Crippen LogP contribution in [0.25, 0.3) is 0 Å². The van der Waals surface area contributed by atoms with E-state index >= 15 is 0 Å². The van der Waals surface area contributed by atoms with Crippen LogP contribution < -0.4 is 0 Å². The van der Waals surface area contributed by atoms with E-state index in [0.717, 1.165) is 11.4 Å². The molecule has 2 rings (SSSR count). The summed E-state index contributed by atoms with van der Waals surface area (Å²) in [5, 5.41) is 0. The smallest absolute Gasteiger partial charge is 0.0558 e. The number of hydrogen-bond donors (Lipinski definition) is 0. The van der Waals surface area contributed by atoms with E-state index in [1.54, 1.807) is 12.4 Å². The Balaban J connectivity index is 0.000000120. The molecule has 60 valence electrons. The third-order valence-corrected chi connectivity index (χ3v) is 1.23. The quantitative estimate of drug-likeness (QED) is 0.516. The Kier molecular flexibility index (Phi) is 2.96. The molecule has 2 heteroatoms. The lowest BCUT2D eigenvalue weighted by atomic mass is 10.5. The van der Waals surface area contributed by atoms with Crippen LogP contribution in [0, 0.1) is 0 Å². The van der Waals surface area contributed by atoms with Gasteiger partial charge in [0.05, 0.1) is 11.4 Å². The van der Waals surface area contributed by atoms with Crippen LogP contribution in [0.3, 0.4) is 0 Å². The van der Waals surface area contributed by atoms with Crippen LogP contribution in [0.1, 0.15) is 0 Å². The molecule has 2 heterocycles. The molecule has 2 aliphatic heterocycles. The van der Waals surface area contributed by atoms with Crippen molar-refractivity contribution in [2.75, 3.05) is 0 Å². The normalized spacial score (nSPS) is 17.0. The molecule has 0 bridgehead atoms. The summed E-state index contributed by atoms with van der Waals surface area (Å²) in [5.74, 6) is 0. The molecule has 0 spiro atoms. The fourth-order valence-electron chi connectivity index (χ4n) is 0.672. The molecule has 0 N–H and O–H groups in total. The molecule has 0 unspecified atom stereocenters. The van der Waals surface area contributed by atoms with E-state index in [1.807, 2.05) is 24.3 Å². The Bertz CT molecular complexity index is 244. The molecule has 0 amide bonds. The molecule has 0 saturated heterocycles. The molecule has 0 atom stereocenters. The molecule has 0 aromatic heterocycles. The fraction of sp³-hybridized carbons (Fsp3) is 0. The maximum absolute atomic E-state index is 3.81. The van der Waals surface area contributed by atoms with Crippen molar-refractivity contribution in [1.82, 2.24) is 0 Å². The van der Waals surface area contributed by atoms with Gasteiger partial charge in [0.15, 0.2) is 0 Å². The minimum atomic E-state index is 0.843. The third-order valence-electron chi connectivity index (χ3n) is 1.23. The first kappa shape index (κ1) is 8.40. The predicted molar refractivity (Wildman–Crippen MR) is 53.5 cm³/mol. The van der Waals surface area contributed by atoms with E-state index in [0.29, 0.717) is 0 Å². The average molecular weight is 158 g/mol. The minimum absolute atomic E-state index is 0.843. The monoisotopic (exact) mass is 158 g/mol. The second kappa shape index (κ2) is 4.23. The lowest BCUT2D eigenvalue weighted by Gasteiger charge is -1.71. The van der Waals surface area contributed by atoms with Crippen LogP contribution >= 0.6 is 0 Å². The standard InChI is InChI=1S/2C5H5N/c2*1-5-3-2-4-6-5/h2*2-4H,1H2. The summed E-state index contributed by atoms with van der Waals surface area (Å²) < 4.78 is 0. The summed E-state index contributed by atoms with van der Waals surface area (Å²) in [6, 6.07) is 0. The fourth-order valence-corrected chi connectivity index (χ4v) is 0.672. The molecule has 2 aliphatic rings. The Labute approximate surface area is 72.1 Å². The molecule has 2 nitrogen and oxygen atoms in total. The maximum Gasteiger partial charge on any atom is 0.0558 e. The number of nitrogens with zero attached hydrogens (tertiary/aromatic N) is 2. The number of hydrogen-bond acceptors (Lipinski definition) is 2. The summed E-state index contributed by atoms with van der Waals surface area (Å²) >= 11 is 0. The van der Waals surface area contributed by atoms with Crippen molar-refractivity contribution in [3.8, 4) is 0 Å². The first-order valence-corrected chi connectivity index (χ1v) is 3.58. The van der Waals surface area contributed by atoms with Gasteiger partial charge >= 0.3 is 0 Å². The van der Waals surface area contributed by atoms with Crippen LogP contribution in [0.2, 0.25) is 0 Å². The Morgan fingerprint density at radius 2 is 1.25 bits per heavy atom. The van der Waals surface area contributed by atoms with Gasteiger partial charge in [0, 0.05) is 12.4 Å². The van der Waals surface area contributed by atoms with Crippen LogP contribution in [0.5, 0.6) is 0 Å². The molecule has 0 aromatic rings. The Hall–Kier alpha value is -1.70. The van der Waals surface area contributed by atoms with Gasteiger partial charge in [-0.3, -0.25) is 9.98 Å². The van der Waals surface area contributed by atoms with Gasteiger partial charge in [-0.05, 0) is 24.3 Å². The number of aliphatic imine (C=N–C) groups is 2. The van der Waals surface area contributed by atoms with Gasteiger partial charge in [-0.25, -0.2) is 0 Å². The second-order valence-corrected chi connectivity index (χ2v) is 2.26. The molecular weight excluding hydrogens is 148 g/mol. The minimum Gasteiger partial charge on any atom is -0.258 e. The van der Waals surface area contributed by atoms with Crippen LogP contribution in [0.15, 0.2) is 58.8 Å². The molecule has 0 aliphatic carbocycles. The van der Waals surface area contributed by atoms with Gasteiger partial charge in [0.2, 0.25) is 0 Å². The first-order chi connectivity index (χ1) is 5.79. The number of allylic oxidation sites excluding steroid dienone is 4. The van der Waals surface area contributed by atoms with Crippen molar-refractivity contribution < 1.29 is 0 Å². The first-order valence-electron chi connectivity index (χ1n) is 3.58. The largest absolute Gasteiger partial charge is 0.258 e. The van der Waals surface area contributed by atoms with Gasteiger partial charge in [-0.2, -0.15) is 0 Å². The average Bonchev–Trinajstić information content (AvgIpc) is 2.63. The highest BCUT2D eigenvalue weighted by Crippen LogP contribution is 1.97. The van der Waals surface area contributed by atoms with E-state index in [2.05, 4.69) is 23.1 Å². The van der Waals surface area contributed by atoms with Crippen molar-refractivity contribution in [2.24, 2.45) is 9.98 Å². The summed E-state index contributed by atoms with van der Waals surface area (Å²) in [4.78, 5) is 7.61. The summed E-state index contributed by atoms with van der Waals surface area (Å²) in [5.41, 5.74) is 1.69. The van der Waals surface area contributed by atoms with Crippen LogP contribution in [-0.4, -0.2) is 12.4 Å². The Morgan fingerprint density at radius 3 is 1.33 bits per heavy atom. The Morgan fingerprint density at radius 1 is 0.833 bits per heavy atom. The van der Waals surface area contributed by atoms with Crippen molar-refractivity contribution >= 4 is 12.4 Å². The highest BCUT2D eigenvalue weighted by molar-refractivity contribution is 5.77. The summed E-state index contributed by atoms with van der Waals surface area (Å²) in [7, 11) is 0. The van der Waals surface area contributed by atoms with E-state index in [1.165, 1.54) is 0 Å². The SMILES string of the molecule is C=C1C=CC=N1.C=C1C=CC=N1. The van der Waals surface area contributed by atoms with E-state index in [9.17, 15) is 0 Å². The molecule has 0 aromatic carbocycles. The molecule has 0 radical (unpaired) electrons. The summed E-state index contributed by atoms with van der Waals surface area (Å²) in [6.45, 7) is 7.14. The second-order valence-electron chi connectivity index (χ2n) is 2.26. The summed E-state index contributed by atoms with van der Waals surface area (Å²) in [6.07, 6.45) is 10.9. The van der Waals surface area contributed by atoms with Crippen LogP contribution in [-0.2, 0) is 0 Å². The van der Waals surface area contributed by atoms with Gasteiger partial charge in [-0.1, -0.05) is 13.2 Å². The van der Waals surface area contributed by atoms with Gasteiger partial charge < -0.3 is 0 Å². The van der Waals surface area contributed by atoms with E-state index in [-0.39, 0.29) is 0 Å². The van der Waals surface area contributed by atoms with Crippen molar-refractivity contribution in [1.29, 1.82) is 0 Å². The highest BCUT2D eigenvalue weighted by Gasteiger charge is 1.82. The lowest BCUT2D eigenvalue weighted by molar-refractivity contribution is 1.50. The van der Waals surface area contributed by atoms with Crippen molar-refractivity contribution in [3.63, 3.8) is 0 Å². The molecule has 12 heavy (non-hydrogen) atoms. The van der Waals surface area contributed by atoms with Crippen molar-refractivity contribution in [3.05, 3.63) is 48.9 Å². The molecule has 0 fully saturated rings. The lowest BCUT2D eigenvalue weighted by Crippen LogP contribution is -1.51. The van der Waals surface area contributed by atoms with E-state index in [4.69, 9.17) is 0 Å². The topological polar surface area (TPSA) is 24.7 Å². The predicted octanol–water partition coefficient (Wildman–Crippen LogP) is 2.28. The third kappa shape index (κ3) is 2.92. The zero-order chi connectivity index (χ0) is 8.81. The van der Waals surface area contributed by atoms with Gasteiger partial charge in [-0.15, -0.1) is 0 Å². The zero-order valence-electron chi connectivity index (χ0n) is 6.77. The van der Waals surface area contributed by atoms with Gasteiger partial charge in [0.1, 0.15) is 0 Å². The highest BCUT2D eigenvalue weighted by atomic mass is 14.7.